The lowest BCUT2D eigenvalue weighted by molar-refractivity contribution is 0.0904. The van der Waals surface area contributed by atoms with E-state index in [1.165, 1.54) is 32.1 Å². The van der Waals surface area contributed by atoms with Gasteiger partial charge in [-0.15, -0.1) is 0 Å². The highest BCUT2D eigenvalue weighted by atomic mass is 35.5. The molecule has 1 unspecified atom stereocenters. The highest BCUT2D eigenvalue weighted by Crippen LogP contribution is 2.41. The third kappa shape index (κ3) is 3.46. The Labute approximate surface area is 131 Å². The van der Waals surface area contributed by atoms with Crippen LogP contribution in [0.4, 0.5) is 0 Å². The van der Waals surface area contributed by atoms with E-state index < -0.39 is 6.10 Å². The molecule has 3 rings (SSSR count). The van der Waals surface area contributed by atoms with Gasteiger partial charge in [0, 0.05) is 11.6 Å². The van der Waals surface area contributed by atoms with Gasteiger partial charge in [0.05, 0.1) is 11.1 Å². The number of aliphatic hydroxyl groups is 1. The SMILES string of the molecule is OC(c1cc2c(cc1Cl)OCCO2)C1CCCCCCC1. The summed E-state index contributed by atoms with van der Waals surface area (Å²) in [5, 5.41) is 11.3. The second-order valence-electron chi connectivity index (χ2n) is 6.07. The van der Waals surface area contributed by atoms with Gasteiger partial charge >= 0.3 is 0 Å². The fourth-order valence-electron chi connectivity index (χ4n) is 3.36. The second-order valence-corrected chi connectivity index (χ2v) is 6.47. The molecule has 0 spiro atoms. The van der Waals surface area contributed by atoms with Crippen molar-refractivity contribution < 1.29 is 14.6 Å². The zero-order valence-electron chi connectivity index (χ0n) is 12.3. The van der Waals surface area contributed by atoms with E-state index in [0.717, 1.165) is 18.4 Å². The van der Waals surface area contributed by atoms with Crippen molar-refractivity contribution >= 4 is 11.6 Å². The van der Waals surface area contributed by atoms with Crippen molar-refractivity contribution in [2.24, 2.45) is 5.92 Å². The summed E-state index contributed by atoms with van der Waals surface area (Å²) in [5.74, 6) is 1.68. The first-order valence-electron chi connectivity index (χ1n) is 8.03. The maximum atomic E-state index is 10.8. The van der Waals surface area contributed by atoms with Crippen molar-refractivity contribution in [3.63, 3.8) is 0 Å². The zero-order valence-corrected chi connectivity index (χ0v) is 13.1. The molecule has 0 radical (unpaired) electrons. The molecule has 1 saturated carbocycles. The van der Waals surface area contributed by atoms with Crippen molar-refractivity contribution in [3.8, 4) is 11.5 Å². The maximum absolute atomic E-state index is 10.8. The van der Waals surface area contributed by atoms with Gasteiger partial charge in [0.2, 0.25) is 0 Å². The van der Waals surface area contributed by atoms with E-state index in [-0.39, 0.29) is 0 Å². The summed E-state index contributed by atoms with van der Waals surface area (Å²) in [7, 11) is 0. The third-order valence-corrected chi connectivity index (χ3v) is 4.90. The normalized spacial score (nSPS) is 21.4. The molecule has 2 aliphatic rings. The van der Waals surface area contributed by atoms with Crippen LogP contribution in [-0.4, -0.2) is 18.3 Å². The predicted octanol–water partition coefficient (Wildman–Crippen LogP) is 4.51. The Balaban J connectivity index is 1.80. The van der Waals surface area contributed by atoms with Gasteiger partial charge in [-0.2, -0.15) is 0 Å². The number of ether oxygens (including phenoxy) is 2. The van der Waals surface area contributed by atoms with E-state index in [9.17, 15) is 5.11 Å². The number of hydrogen-bond donors (Lipinski definition) is 1. The molecule has 1 aliphatic heterocycles. The first-order valence-corrected chi connectivity index (χ1v) is 8.40. The fraction of sp³-hybridized carbons (Fsp3) is 0.647. The molecule has 1 aromatic rings. The Morgan fingerprint density at radius 2 is 1.52 bits per heavy atom. The van der Waals surface area contributed by atoms with Gasteiger partial charge in [-0.1, -0.05) is 43.7 Å². The number of halogens is 1. The lowest BCUT2D eigenvalue weighted by atomic mass is 9.84. The Morgan fingerprint density at radius 3 is 2.19 bits per heavy atom. The highest BCUT2D eigenvalue weighted by molar-refractivity contribution is 6.31. The molecular weight excluding hydrogens is 288 g/mol. The number of rotatable bonds is 2. The van der Waals surface area contributed by atoms with E-state index in [1.54, 1.807) is 6.07 Å². The summed E-state index contributed by atoms with van der Waals surface area (Å²) >= 11 is 6.35. The van der Waals surface area contributed by atoms with Gasteiger partial charge in [0.15, 0.2) is 11.5 Å². The number of benzene rings is 1. The average molecular weight is 311 g/mol. The summed E-state index contributed by atoms with van der Waals surface area (Å²) < 4.78 is 11.1. The van der Waals surface area contributed by atoms with Crippen molar-refractivity contribution in [3.05, 3.63) is 22.7 Å². The van der Waals surface area contributed by atoms with E-state index in [0.29, 0.717) is 35.7 Å². The molecule has 4 heteroatoms. The first-order chi connectivity index (χ1) is 10.3. The largest absolute Gasteiger partial charge is 0.486 e. The molecule has 1 aromatic carbocycles. The van der Waals surface area contributed by atoms with Crippen molar-refractivity contribution in [2.45, 2.75) is 51.0 Å². The Morgan fingerprint density at radius 1 is 0.952 bits per heavy atom. The van der Waals surface area contributed by atoms with Gasteiger partial charge in [0.1, 0.15) is 13.2 Å². The topological polar surface area (TPSA) is 38.7 Å². The van der Waals surface area contributed by atoms with Crippen LogP contribution in [-0.2, 0) is 0 Å². The molecule has 0 amide bonds. The molecule has 0 aromatic heterocycles. The van der Waals surface area contributed by atoms with Crippen LogP contribution in [0.2, 0.25) is 5.02 Å². The molecule has 21 heavy (non-hydrogen) atoms. The minimum Gasteiger partial charge on any atom is -0.486 e. The van der Waals surface area contributed by atoms with Crippen LogP contribution in [0.15, 0.2) is 12.1 Å². The lowest BCUT2D eigenvalue weighted by Crippen LogP contribution is -2.18. The van der Waals surface area contributed by atoms with Gasteiger partial charge in [-0.05, 0) is 24.8 Å². The summed E-state index contributed by atoms with van der Waals surface area (Å²) in [6.07, 6.45) is 7.92. The van der Waals surface area contributed by atoms with E-state index >= 15 is 0 Å². The summed E-state index contributed by atoms with van der Waals surface area (Å²) in [6.45, 7) is 1.10. The Bertz CT molecular complexity index is 481. The van der Waals surface area contributed by atoms with Gasteiger partial charge < -0.3 is 14.6 Å². The summed E-state index contributed by atoms with van der Waals surface area (Å²) in [4.78, 5) is 0. The minimum absolute atomic E-state index is 0.297. The monoisotopic (exact) mass is 310 g/mol. The maximum Gasteiger partial charge on any atom is 0.162 e. The highest BCUT2D eigenvalue weighted by Gasteiger charge is 2.26. The number of hydrogen-bond acceptors (Lipinski definition) is 3. The van der Waals surface area contributed by atoms with E-state index in [2.05, 4.69) is 0 Å². The van der Waals surface area contributed by atoms with Crippen molar-refractivity contribution in [1.82, 2.24) is 0 Å². The Kier molecular flexibility index (Phi) is 4.91. The quantitative estimate of drug-likeness (QED) is 0.873. The third-order valence-electron chi connectivity index (χ3n) is 4.58. The Hall–Kier alpha value is -0.930. The molecule has 1 heterocycles. The molecule has 1 atom stereocenters. The van der Waals surface area contributed by atoms with Gasteiger partial charge in [-0.25, -0.2) is 0 Å². The van der Waals surface area contributed by atoms with Crippen LogP contribution < -0.4 is 9.47 Å². The summed E-state index contributed by atoms with van der Waals surface area (Å²) in [6, 6.07) is 3.64. The van der Waals surface area contributed by atoms with Gasteiger partial charge in [0.25, 0.3) is 0 Å². The number of fused-ring (bicyclic) bond motifs is 1. The van der Waals surface area contributed by atoms with Crippen LogP contribution in [0, 0.1) is 5.92 Å². The lowest BCUT2D eigenvalue weighted by Gasteiger charge is -2.27. The van der Waals surface area contributed by atoms with Gasteiger partial charge in [-0.3, -0.25) is 0 Å². The molecule has 3 nitrogen and oxygen atoms in total. The first kappa shape index (κ1) is 15.0. The smallest absolute Gasteiger partial charge is 0.162 e. The van der Waals surface area contributed by atoms with Crippen LogP contribution in [0.5, 0.6) is 11.5 Å². The fourth-order valence-corrected chi connectivity index (χ4v) is 3.63. The van der Waals surface area contributed by atoms with Crippen LogP contribution in [0.1, 0.15) is 56.6 Å². The standard InChI is InChI=1S/C17H23ClO3/c18-14-11-16-15(20-8-9-21-16)10-13(14)17(19)12-6-4-2-1-3-5-7-12/h10-12,17,19H,1-9H2. The average Bonchev–Trinajstić information content (AvgIpc) is 2.45. The molecule has 116 valence electrons. The second kappa shape index (κ2) is 6.89. The van der Waals surface area contributed by atoms with Crippen LogP contribution in [0.3, 0.4) is 0 Å². The molecule has 0 saturated heterocycles. The van der Waals surface area contributed by atoms with E-state index in [1.807, 2.05) is 6.07 Å². The molecule has 1 fully saturated rings. The molecule has 1 N–H and O–H groups in total. The molecular formula is C17H23ClO3. The number of aliphatic hydroxyl groups excluding tert-OH is 1. The molecule has 1 aliphatic carbocycles. The van der Waals surface area contributed by atoms with Crippen LogP contribution >= 0.6 is 11.6 Å². The summed E-state index contributed by atoms with van der Waals surface area (Å²) in [5.41, 5.74) is 0.784. The molecule has 0 bridgehead atoms. The minimum atomic E-state index is -0.508. The van der Waals surface area contributed by atoms with E-state index in [4.69, 9.17) is 21.1 Å². The van der Waals surface area contributed by atoms with Crippen molar-refractivity contribution in [1.29, 1.82) is 0 Å². The predicted molar refractivity (Wildman–Crippen MR) is 83.2 cm³/mol. The van der Waals surface area contributed by atoms with Crippen molar-refractivity contribution in [2.75, 3.05) is 13.2 Å². The zero-order chi connectivity index (χ0) is 14.7. The van der Waals surface area contributed by atoms with Crippen LogP contribution in [0.25, 0.3) is 0 Å².